The molecule has 4 aromatic rings. The van der Waals surface area contributed by atoms with Gasteiger partial charge >= 0.3 is 0 Å². The average Bonchev–Trinajstić information content (AvgIpc) is 3.31. The molecule has 0 bridgehead atoms. The van der Waals surface area contributed by atoms with Crippen LogP contribution in [-0.4, -0.2) is 21.5 Å². The van der Waals surface area contributed by atoms with Gasteiger partial charge in [-0.3, -0.25) is 9.59 Å². The third kappa shape index (κ3) is 2.38. The minimum Gasteiger partial charge on any atom is -0.415 e. The molecule has 0 saturated carbocycles. The molecule has 136 valence electrons. The smallest absolute Gasteiger partial charge is 0.288 e. The lowest BCUT2D eigenvalue weighted by Gasteiger charge is -1.96. The van der Waals surface area contributed by atoms with Crippen LogP contribution in [0.5, 0.6) is 0 Å². The number of benzene rings is 2. The minimum absolute atomic E-state index is 0.0775. The molecule has 0 radical (unpaired) electrons. The molecule has 0 unspecified atom stereocenters. The maximum absolute atomic E-state index is 13.4. The fourth-order valence-corrected chi connectivity index (χ4v) is 2.99. The highest BCUT2D eigenvalue weighted by Gasteiger charge is 2.35. The largest absolute Gasteiger partial charge is 0.415 e. The number of halogens is 2. The number of oxazole rings is 2. The number of aromatic nitrogens is 2. The maximum Gasteiger partial charge on any atom is 0.288 e. The van der Waals surface area contributed by atoms with Crippen LogP contribution in [-0.2, 0) is 0 Å². The van der Waals surface area contributed by atoms with Crippen molar-refractivity contribution in [3.8, 4) is 11.5 Å². The molecule has 0 saturated heterocycles. The fourth-order valence-electron chi connectivity index (χ4n) is 2.99. The Balaban J connectivity index is 1.53. The van der Waals surface area contributed by atoms with E-state index in [9.17, 15) is 18.4 Å². The molecule has 28 heavy (non-hydrogen) atoms. The van der Waals surface area contributed by atoms with E-state index >= 15 is 0 Å². The molecule has 0 spiro atoms. The second-order valence-electron chi connectivity index (χ2n) is 6.08. The van der Waals surface area contributed by atoms with Crippen LogP contribution in [0, 0.1) is 11.6 Å². The normalized spacial score (nSPS) is 13.4. The molecule has 1 aliphatic carbocycles. The lowest BCUT2D eigenvalue weighted by Crippen LogP contribution is -2.00. The van der Waals surface area contributed by atoms with Crippen LogP contribution in [0.1, 0.15) is 26.6 Å². The Morgan fingerprint density at radius 1 is 0.821 bits per heavy atom. The Morgan fingerprint density at radius 3 is 2.04 bits per heavy atom. The van der Waals surface area contributed by atoms with Crippen molar-refractivity contribution in [3.05, 3.63) is 76.7 Å². The molecule has 1 aliphatic rings. The first-order valence-electron chi connectivity index (χ1n) is 8.14. The standard InChI is InChI=1S/C20H8F2N2O4/c21-13-6-10-11(7-14(13)22)17(26)12(16(10)25)8-15-23-19-20(27-15)24-18(28-19)9-4-2-1-3-5-9/h1-8H. The van der Waals surface area contributed by atoms with E-state index in [4.69, 9.17) is 8.83 Å². The van der Waals surface area contributed by atoms with Gasteiger partial charge in [0.25, 0.3) is 11.4 Å². The highest BCUT2D eigenvalue weighted by Crippen LogP contribution is 2.31. The molecular formula is C20H8F2N2O4. The number of Topliss-reactive ketones (excluding diaryl/α,β-unsaturated/α-hetero) is 2. The summed E-state index contributed by atoms with van der Waals surface area (Å²) in [5.74, 6) is -3.63. The Morgan fingerprint density at radius 2 is 1.43 bits per heavy atom. The summed E-state index contributed by atoms with van der Waals surface area (Å²) in [6.07, 6.45) is 1.11. The zero-order chi connectivity index (χ0) is 19.4. The molecule has 0 N–H and O–H groups in total. The minimum atomic E-state index is -1.20. The Bertz CT molecular complexity index is 1240. The highest BCUT2D eigenvalue weighted by molar-refractivity contribution is 6.41. The lowest BCUT2D eigenvalue weighted by atomic mass is 10.1. The van der Waals surface area contributed by atoms with Crippen LogP contribution < -0.4 is 0 Å². The quantitative estimate of drug-likeness (QED) is 0.383. The van der Waals surface area contributed by atoms with Gasteiger partial charge in [0.1, 0.15) is 0 Å². The van der Waals surface area contributed by atoms with Crippen LogP contribution in [0.2, 0.25) is 0 Å². The van der Waals surface area contributed by atoms with Crippen molar-refractivity contribution >= 4 is 29.1 Å². The molecule has 0 fully saturated rings. The second kappa shape index (κ2) is 5.78. The summed E-state index contributed by atoms with van der Waals surface area (Å²) in [5, 5.41) is 0. The first-order valence-corrected chi connectivity index (χ1v) is 8.14. The Kier molecular flexibility index (Phi) is 3.35. The number of rotatable bonds is 2. The molecule has 2 aromatic carbocycles. The van der Waals surface area contributed by atoms with Crippen molar-refractivity contribution in [1.29, 1.82) is 0 Å². The first-order chi connectivity index (χ1) is 13.5. The molecule has 6 nitrogen and oxygen atoms in total. The Hall–Kier alpha value is -3.94. The Labute approximate surface area is 155 Å². The predicted molar refractivity (Wildman–Crippen MR) is 92.5 cm³/mol. The molecule has 2 aromatic heterocycles. The molecular weight excluding hydrogens is 370 g/mol. The number of carbonyl (C=O) groups is 2. The highest BCUT2D eigenvalue weighted by atomic mass is 19.2. The van der Waals surface area contributed by atoms with Crippen molar-refractivity contribution in [1.82, 2.24) is 9.97 Å². The third-order valence-corrected chi connectivity index (χ3v) is 4.32. The molecule has 0 amide bonds. The van der Waals surface area contributed by atoms with Gasteiger partial charge in [0.15, 0.2) is 23.2 Å². The average molecular weight is 378 g/mol. The van der Waals surface area contributed by atoms with E-state index in [-0.39, 0.29) is 34.0 Å². The van der Waals surface area contributed by atoms with Crippen LogP contribution in [0.4, 0.5) is 8.78 Å². The number of ketones is 2. The van der Waals surface area contributed by atoms with E-state index in [0.29, 0.717) is 18.0 Å². The summed E-state index contributed by atoms with van der Waals surface area (Å²) in [4.78, 5) is 33.0. The summed E-state index contributed by atoms with van der Waals surface area (Å²) < 4.78 is 37.8. The molecule has 5 rings (SSSR count). The molecule has 0 atom stereocenters. The van der Waals surface area contributed by atoms with Gasteiger partial charge in [-0.2, -0.15) is 9.97 Å². The fraction of sp³-hybridized carbons (Fsp3) is 0. The van der Waals surface area contributed by atoms with Gasteiger partial charge in [0, 0.05) is 22.8 Å². The van der Waals surface area contributed by atoms with E-state index in [2.05, 4.69) is 9.97 Å². The van der Waals surface area contributed by atoms with Crippen molar-refractivity contribution in [2.45, 2.75) is 0 Å². The number of hydrogen-bond donors (Lipinski definition) is 0. The SMILES string of the molecule is O=C1C(=Cc2nc3oc(-c4ccccc4)nc3o2)C(=O)c2cc(F)c(F)cc21. The van der Waals surface area contributed by atoms with Gasteiger partial charge in [-0.25, -0.2) is 8.78 Å². The van der Waals surface area contributed by atoms with Crippen molar-refractivity contribution in [2.75, 3.05) is 0 Å². The summed E-state index contributed by atoms with van der Waals surface area (Å²) in [6.45, 7) is 0. The van der Waals surface area contributed by atoms with Crippen molar-refractivity contribution < 1.29 is 27.2 Å². The lowest BCUT2D eigenvalue weighted by molar-refractivity contribution is 0.0990. The van der Waals surface area contributed by atoms with E-state index in [1.54, 1.807) is 12.1 Å². The van der Waals surface area contributed by atoms with Crippen LogP contribution >= 0.6 is 0 Å². The number of carbonyl (C=O) groups excluding carboxylic acids is 2. The van der Waals surface area contributed by atoms with E-state index in [0.717, 1.165) is 11.6 Å². The first kappa shape index (κ1) is 16.2. The second-order valence-corrected chi connectivity index (χ2v) is 6.08. The van der Waals surface area contributed by atoms with Gasteiger partial charge in [0.2, 0.25) is 11.8 Å². The van der Waals surface area contributed by atoms with Gasteiger partial charge in [-0.05, 0) is 24.3 Å². The van der Waals surface area contributed by atoms with Crippen molar-refractivity contribution in [3.63, 3.8) is 0 Å². The third-order valence-electron chi connectivity index (χ3n) is 4.32. The summed E-state index contributed by atoms with van der Waals surface area (Å²) >= 11 is 0. The zero-order valence-corrected chi connectivity index (χ0v) is 13.9. The van der Waals surface area contributed by atoms with Gasteiger partial charge in [0.05, 0.1) is 5.57 Å². The summed E-state index contributed by atoms with van der Waals surface area (Å²) in [7, 11) is 0. The van der Waals surface area contributed by atoms with Gasteiger partial charge in [-0.1, -0.05) is 18.2 Å². The van der Waals surface area contributed by atoms with E-state index < -0.39 is 23.2 Å². The topological polar surface area (TPSA) is 86.2 Å². The summed E-state index contributed by atoms with van der Waals surface area (Å²) in [5.41, 5.74) is 0.226. The van der Waals surface area contributed by atoms with Gasteiger partial charge in [-0.15, -0.1) is 0 Å². The van der Waals surface area contributed by atoms with Crippen LogP contribution in [0.25, 0.3) is 29.0 Å². The van der Waals surface area contributed by atoms with Crippen LogP contribution in [0.3, 0.4) is 0 Å². The summed E-state index contributed by atoms with van der Waals surface area (Å²) in [6, 6.07) is 10.5. The van der Waals surface area contributed by atoms with E-state index in [1.807, 2.05) is 18.2 Å². The molecule has 8 heteroatoms. The number of fused-ring (bicyclic) bond motifs is 2. The van der Waals surface area contributed by atoms with Gasteiger partial charge < -0.3 is 8.83 Å². The van der Waals surface area contributed by atoms with Crippen molar-refractivity contribution in [2.24, 2.45) is 0 Å². The monoisotopic (exact) mass is 378 g/mol. The number of nitrogens with zero attached hydrogens (tertiary/aromatic N) is 2. The number of allylic oxidation sites excluding steroid dienone is 1. The predicted octanol–water partition coefficient (Wildman–Crippen LogP) is 4.22. The molecule has 2 heterocycles. The van der Waals surface area contributed by atoms with Crippen LogP contribution in [0.15, 0.2) is 56.9 Å². The maximum atomic E-state index is 13.4. The zero-order valence-electron chi connectivity index (χ0n) is 13.9. The number of hydrogen-bond acceptors (Lipinski definition) is 6. The van der Waals surface area contributed by atoms with E-state index in [1.165, 1.54) is 0 Å². The molecule has 0 aliphatic heterocycles.